The van der Waals surface area contributed by atoms with Gasteiger partial charge in [0.25, 0.3) is 7.82 Å². The maximum Gasteiger partial charge on any atom is 0.306 e. The van der Waals surface area contributed by atoms with Crippen molar-refractivity contribution in [2.24, 2.45) is 0 Å². The predicted octanol–water partition coefficient (Wildman–Crippen LogP) is 20.7. The summed E-state index contributed by atoms with van der Waals surface area (Å²) in [6.45, 7) is 6.80. The van der Waals surface area contributed by atoms with Gasteiger partial charge in [0.1, 0.15) is 19.3 Å². The molecule has 0 heterocycles. The van der Waals surface area contributed by atoms with E-state index in [0.29, 0.717) is 17.4 Å². The number of nitrogens with zero attached hydrogens (tertiary/aromatic N) is 1. The van der Waals surface area contributed by atoms with Gasteiger partial charge in [0.2, 0.25) is 5.91 Å². The summed E-state index contributed by atoms with van der Waals surface area (Å²) in [6.07, 6.45) is 79.9. The molecule has 3 atom stereocenters. The number of hydrogen-bond acceptors (Lipinski definition) is 7. The van der Waals surface area contributed by atoms with Crippen LogP contribution in [0.3, 0.4) is 0 Å². The molecule has 0 fully saturated rings. The Morgan fingerprint density at radius 3 is 1.23 bits per heavy atom. The highest BCUT2D eigenvalue weighted by atomic mass is 31.2. The lowest BCUT2D eigenvalue weighted by molar-refractivity contribution is -0.870. The van der Waals surface area contributed by atoms with E-state index in [2.05, 4.69) is 99.0 Å². The van der Waals surface area contributed by atoms with Crippen molar-refractivity contribution in [3.8, 4) is 0 Å². The van der Waals surface area contributed by atoms with Gasteiger partial charge in [0.15, 0.2) is 0 Å². The van der Waals surface area contributed by atoms with E-state index in [4.69, 9.17) is 13.8 Å². The number of esters is 1. The van der Waals surface area contributed by atoms with E-state index >= 15 is 0 Å². The minimum absolute atomic E-state index is 0.0303. The van der Waals surface area contributed by atoms with Crippen molar-refractivity contribution in [1.29, 1.82) is 0 Å². The summed E-state index contributed by atoms with van der Waals surface area (Å²) in [7, 11) is 1.16. The van der Waals surface area contributed by atoms with Gasteiger partial charge in [-0.2, -0.15) is 0 Å². The maximum atomic E-state index is 13.5. The minimum Gasteiger partial charge on any atom is -0.756 e. The van der Waals surface area contributed by atoms with Crippen molar-refractivity contribution < 1.29 is 37.3 Å². The molecule has 1 amide bonds. The highest BCUT2D eigenvalue weighted by Crippen LogP contribution is 2.38. The van der Waals surface area contributed by atoms with Crippen molar-refractivity contribution in [3.63, 3.8) is 0 Å². The Hall–Kier alpha value is -2.81. The molecule has 0 bridgehead atoms. The molecule has 0 aromatic carbocycles. The Kier molecular flexibility index (Phi) is 58.2. The third kappa shape index (κ3) is 61.6. The molecule has 10 heteroatoms. The third-order valence-electron chi connectivity index (χ3n) is 14.8. The van der Waals surface area contributed by atoms with E-state index < -0.39 is 26.6 Å². The molecule has 0 spiro atoms. The van der Waals surface area contributed by atoms with Gasteiger partial charge in [0.05, 0.1) is 33.8 Å². The van der Waals surface area contributed by atoms with Crippen molar-refractivity contribution >= 4 is 19.7 Å². The molecule has 0 saturated heterocycles. The fourth-order valence-corrected chi connectivity index (χ4v) is 10.3. The summed E-state index contributed by atoms with van der Waals surface area (Å²) in [4.78, 5) is 40.1. The molecule has 0 aliphatic rings. The van der Waals surface area contributed by atoms with Crippen molar-refractivity contribution in [3.05, 3.63) is 85.1 Å². The van der Waals surface area contributed by atoms with Crippen LogP contribution in [0.5, 0.6) is 0 Å². The zero-order valence-corrected chi connectivity index (χ0v) is 54.6. The average Bonchev–Trinajstić information content (AvgIpc) is 3.44. The molecule has 0 aliphatic heterocycles. The van der Waals surface area contributed by atoms with Gasteiger partial charge in [0, 0.05) is 12.8 Å². The van der Waals surface area contributed by atoms with Crippen LogP contribution in [0, 0.1) is 0 Å². The van der Waals surface area contributed by atoms with Crippen molar-refractivity contribution in [2.45, 2.75) is 315 Å². The molecule has 0 aliphatic carbocycles. The molecular weight excluding hydrogens is 1020 g/mol. The Balaban J connectivity index is 5.11. The fraction of sp³-hybridized carbons (Fsp3) is 0.775. The Labute approximate surface area is 501 Å². The van der Waals surface area contributed by atoms with E-state index in [1.807, 2.05) is 33.3 Å². The van der Waals surface area contributed by atoms with Gasteiger partial charge in [-0.15, -0.1) is 0 Å². The van der Waals surface area contributed by atoms with Gasteiger partial charge in [-0.3, -0.25) is 14.2 Å². The Morgan fingerprint density at radius 1 is 0.444 bits per heavy atom. The second-order valence-corrected chi connectivity index (χ2v) is 25.4. The summed E-state index contributed by atoms with van der Waals surface area (Å²) in [5, 5.41) is 3.02. The van der Waals surface area contributed by atoms with Crippen LogP contribution in [0.15, 0.2) is 85.1 Å². The molecule has 0 saturated carbocycles. The molecule has 81 heavy (non-hydrogen) atoms. The number of carbonyl (C=O) groups excluding carboxylic acids is 2. The Morgan fingerprint density at radius 2 is 0.790 bits per heavy atom. The molecule has 3 unspecified atom stereocenters. The number of phosphoric acid groups is 1. The van der Waals surface area contributed by atoms with Gasteiger partial charge < -0.3 is 28.5 Å². The average molecular weight is 1150 g/mol. The monoisotopic (exact) mass is 1150 g/mol. The van der Waals surface area contributed by atoms with Gasteiger partial charge in [-0.1, -0.05) is 273 Å². The normalized spacial score (nSPS) is 14.1. The first-order valence-corrected chi connectivity index (χ1v) is 35.4. The number of hydrogen-bond donors (Lipinski definition) is 1. The lowest BCUT2D eigenvalue weighted by atomic mass is 10.0. The number of nitrogens with one attached hydrogen (secondary N) is 1. The van der Waals surface area contributed by atoms with E-state index in [9.17, 15) is 19.0 Å². The highest BCUT2D eigenvalue weighted by Gasteiger charge is 2.27. The summed E-state index contributed by atoms with van der Waals surface area (Å²) in [5.74, 6) is -0.572. The first-order chi connectivity index (χ1) is 39.4. The van der Waals surface area contributed by atoms with Gasteiger partial charge >= 0.3 is 5.97 Å². The topological polar surface area (TPSA) is 114 Å². The number of phosphoric ester groups is 1. The number of allylic oxidation sites excluding steroid dienone is 13. The minimum atomic E-state index is -4.71. The number of likely N-dealkylation sites (N-methyl/N-ethyl adjacent to an activating group) is 1. The van der Waals surface area contributed by atoms with Crippen LogP contribution >= 0.6 is 7.82 Å². The number of rotatable bonds is 61. The SMILES string of the molecule is CCCCC/C=C\C/C=C\C/C=C\C/C=C\CCCCCCCCCCCCCC(=O)OC(/C=C\CCCCCCCCCCCC)C(COP(=O)([O-])OCC[N+](C)(C)C)NC(=O)CCCCC/C=C/C=C/CCCCCCCCC. The number of unbranched alkanes of at least 4 members (excludes halogenated alkanes) is 34. The molecule has 470 valence electrons. The molecule has 9 nitrogen and oxygen atoms in total. The van der Waals surface area contributed by atoms with Gasteiger partial charge in [-0.25, -0.2) is 0 Å². The molecule has 0 aromatic heterocycles. The predicted molar refractivity (Wildman–Crippen MR) is 348 cm³/mol. The second kappa shape index (κ2) is 60.3. The first kappa shape index (κ1) is 78.2. The van der Waals surface area contributed by atoms with Crippen LogP contribution in [0.4, 0.5) is 0 Å². The van der Waals surface area contributed by atoms with Crippen LogP contribution in [0.2, 0.25) is 0 Å². The Bertz CT molecular complexity index is 1660. The van der Waals surface area contributed by atoms with Crippen LogP contribution in [-0.4, -0.2) is 69.4 Å². The lowest BCUT2D eigenvalue weighted by Gasteiger charge is -2.30. The number of amides is 1. The molecule has 0 radical (unpaired) electrons. The molecule has 1 N–H and O–H groups in total. The summed E-state index contributed by atoms with van der Waals surface area (Å²) >= 11 is 0. The standard InChI is InChI=1S/C71H129N2O7P/c1-7-10-13-16-19-22-25-28-30-32-33-34-35-36-37-38-39-40-41-42-44-46-49-52-55-58-61-64-71(75)80-69(62-59-56-53-50-47-27-24-21-18-15-12-9-3)68(67-79-81(76,77)78-66-65-73(4,5)6)72-70(74)63-60-57-54-51-48-45-43-31-29-26-23-20-17-14-11-8-2/h19,22,28,30-31,33-34,36-37,43,45,48,59,62,68-69H,7-18,20-21,23-27,29,32,35,38-42,44,46-47,49-58,60-61,63-67H2,1-6H3,(H-,72,74,76,77)/b22-19-,30-28-,34-33-,37-36-,43-31+,48-45+,62-59-. The zero-order valence-electron chi connectivity index (χ0n) is 53.7. The van der Waals surface area contributed by atoms with E-state index in [0.717, 1.165) is 89.9 Å². The highest BCUT2D eigenvalue weighted by molar-refractivity contribution is 7.45. The smallest absolute Gasteiger partial charge is 0.306 e. The maximum absolute atomic E-state index is 13.5. The number of quaternary nitrogens is 1. The van der Waals surface area contributed by atoms with Crippen LogP contribution in [-0.2, 0) is 27.9 Å². The third-order valence-corrected chi connectivity index (χ3v) is 15.8. The van der Waals surface area contributed by atoms with Gasteiger partial charge in [-0.05, 0) is 102 Å². The molecular formula is C71H129N2O7P. The molecule has 0 aromatic rings. The van der Waals surface area contributed by atoms with Crippen molar-refractivity contribution in [1.82, 2.24) is 5.32 Å². The second-order valence-electron chi connectivity index (χ2n) is 24.0. The summed E-state index contributed by atoms with van der Waals surface area (Å²) < 4.78 is 30.4. The fourth-order valence-electron chi connectivity index (χ4n) is 9.56. The largest absolute Gasteiger partial charge is 0.756 e. The van der Waals surface area contributed by atoms with Crippen molar-refractivity contribution in [2.75, 3.05) is 40.9 Å². The summed E-state index contributed by atoms with van der Waals surface area (Å²) in [5.41, 5.74) is 0. The quantitative estimate of drug-likeness (QED) is 0.0161. The van der Waals surface area contributed by atoms with E-state index in [1.165, 1.54) is 173 Å². The van der Waals surface area contributed by atoms with Crippen LogP contribution < -0.4 is 10.2 Å². The lowest BCUT2D eigenvalue weighted by Crippen LogP contribution is -2.47. The number of ether oxygens (including phenoxy) is 1. The zero-order chi connectivity index (χ0) is 59.3. The summed E-state index contributed by atoms with van der Waals surface area (Å²) in [6, 6.07) is -0.907. The number of carbonyl (C=O) groups is 2. The van der Waals surface area contributed by atoms with E-state index in [-0.39, 0.29) is 31.3 Å². The van der Waals surface area contributed by atoms with Crippen LogP contribution in [0.25, 0.3) is 0 Å². The van der Waals surface area contributed by atoms with Crippen LogP contribution in [0.1, 0.15) is 303 Å². The van der Waals surface area contributed by atoms with E-state index in [1.54, 1.807) is 0 Å². The molecule has 0 rings (SSSR count). The first-order valence-electron chi connectivity index (χ1n) is 33.9.